The van der Waals surface area contributed by atoms with Crippen molar-refractivity contribution >= 4 is 6.03 Å². The lowest BCUT2D eigenvalue weighted by Crippen LogP contribution is -2.44. The minimum Gasteiger partial charge on any atom is -0.472 e. The Hall–Kier alpha value is -3.21. The van der Waals surface area contributed by atoms with E-state index in [1.54, 1.807) is 12.1 Å². The number of nitrogens with one attached hydrogen (secondary N) is 2. The van der Waals surface area contributed by atoms with Crippen LogP contribution in [0.25, 0.3) is 0 Å². The van der Waals surface area contributed by atoms with Crippen LogP contribution in [0.2, 0.25) is 0 Å². The summed E-state index contributed by atoms with van der Waals surface area (Å²) in [6.07, 6.45) is 5.96. The molecular formula is C19H20FN5O2. The number of amides is 2. The van der Waals surface area contributed by atoms with Gasteiger partial charge in [0, 0.05) is 25.0 Å². The van der Waals surface area contributed by atoms with Crippen LogP contribution in [0.5, 0.6) is 5.88 Å². The summed E-state index contributed by atoms with van der Waals surface area (Å²) in [5.41, 5.74) is 1.01. The van der Waals surface area contributed by atoms with Crippen molar-refractivity contribution in [2.24, 2.45) is 0 Å². The molecule has 0 radical (unpaired) electrons. The topological polar surface area (TPSA) is 99.9 Å². The first-order valence-corrected chi connectivity index (χ1v) is 8.80. The molecule has 1 aromatic carbocycles. The summed E-state index contributed by atoms with van der Waals surface area (Å²) >= 11 is 0. The Balaban J connectivity index is 1.40. The molecule has 140 valence electrons. The largest absolute Gasteiger partial charge is 0.472 e. The fourth-order valence-electron chi connectivity index (χ4n) is 2.99. The fraction of sp³-hybridized carbons (Fsp3) is 0.368. The van der Waals surface area contributed by atoms with Gasteiger partial charge in [0.2, 0.25) is 5.69 Å². The van der Waals surface area contributed by atoms with Crippen molar-refractivity contribution in [3.63, 3.8) is 0 Å². The van der Waals surface area contributed by atoms with Crippen molar-refractivity contribution in [2.75, 3.05) is 0 Å². The molecule has 1 saturated carbocycles. The van der Waals surface area contributed by atoms with Gasteiger partial charge in [-0.15, -0.1) is 0 Å². The molecule has 1 aliphatic rings. The van der Waals surface area contributed by atoms with Gasteiger partial charge in [0.05, 0.1) is 0 Å². The lowest BCUT2D eigenvalue weighted by atomic mass is 9.93. The van der Waals surface area contributed by atoms with Crippen LogP contribution < -0.4 is 15.4 Å². The molecule has 1 aromatic heterocycles. The summed E-state index contributed by atoms with van der Waals surface area (Å²) in [7, 11) is 0. The number of rotatable bonds is 5. The van der Waals surface area contributed by atoms with Crippen LogP contribution in [0.4, 0.5) is 9.18 Å². The standard InChI is InChI=1S/C19H20FN5O2/c20-14-3-1-13(2-4-14)12-24-19(26)25-15-5-7-16(8-6-15)27-18-17(11-21)22-9-10-23-18/h1-4,9-10,15-16H,5-8,12H2,(H2,24,25,26). The lowest BCUT2D eigenvalue weighted by molar-refractivity contribution is 0.134. The summed E-state index contributed by atoms with van der Waals surface area (Å²) in [6.45, 7) is 0.341. The molecule has 2 amide bonds. The first kappa shape index (κ1) is 18.6. The maximum absolute atomic E-state index is 12.9. The highest BCUT2D eigenvalue weighted by Crippen LogP contribution is 2.23. The molecule has 0 spiro atoms. The van der Waals surface area contributed by atoms with E-state index in [4.69, 9.17) is 10.00 Å². The number of benzene rings is 1. The van der Waals surface area contributed by atoms with Crippen molar-refractivity contribution in [1.82, 2.24) is 20.6 Å². The molecule has 0 aliphatic heterocycles. The monoisotopic (exact) mass is 369 g/mol. The molecule has 0 saturated heterocycles. The van der Waals surface area contributed by atoms with Gasteiger partial charge in [-0.1, -0.05) is 12.1 Å². The minimum absolute atomic E-state index is 0.0471. The second-order valence-corrected chi connectivity index (χ2v) is 6.37. The normalized spacial score (nSPS) is 19.0. The molecule has 1 fully saturated rings. The minimum atomic E-state index is -0.300. The molecule has 0 atom stereocenters. The van der Waals surface area contributed by atoms with E-state index < -0.39 is 0 Å². The lowest BCUT2D eigenvalue weighted by Gasteiger charge is -2.29. The molecule has 0 bridgehead atoms. The third kappa shape index (κ3) is 5.38. The molecule has 7 nitrogen and oxygen atoms in total. The maximum Gasteiger partial charge on any atom is 0.315 e. The van der Waals surface area contributed by atoms with Gasteiger partial charge in [0.1, 0.15) is 18.0 Å². The summed E-state index contributed by atoms with van der Waals surface area (Å²) in [4.78, 5) is 20.0. The third-order valence-electron chi connectivity index (χ3n) is 4.42. The molecule has 1 aliphatic carbocycles. The van der Waals surface area contributed by atoms with E-state index in [9.17, 15) is 9.18 Å². The number of hydrogen-bond acceptors (Lipinski definition) is 5. The molecule has 8 heteroatoms. The van der Waals surface area contributed by atoms with Crippen molar-refractivity contribution in [2.45, 2.75) is 44.4 Å². The number of carbonyl (C=O) groups is 1. The Kier molecular flexibility index (Phi) is 6.15. The van der Waals surface area contributed by atoms with Gasteiger partial charge < -0.3 is 15.4 Å². The van der Waals surface area contributed by atoms with E-state index in [0.29, 0.717) is 6.54 Å². The first-order valence-electron chi connectivity index (χ1n) is 8.80. The van der Waals surface area contributed by atoms with E-state index in [0.717, 1.165) is 31.2 Å². The fourth-order valence-corrected chi connectivity index (χ4v) is 2.99. The molecule has 3 rings (SSSR count). The van der Waals surface area contributed by atoms with Crippen LogP contribution in [0.1, 0.15) is 36.9 Å². The number of nitrogens with zero attached hydrogens (tertiary/aromatic N) is 3. The molecule has 0 unspecified atom stereocenters. The summed E-state index contributed by atoms with van der Waals surface area (Å²) in [6, 6.07) is 7.80. The number of urea groups is 1. The first-order chi connectivity index (χ1) is 13.1. The quantitative estimate of drug-likeness (QED) is 0.844. The molecule has 27 heavy (non-hydrogen) atoms. The number of halogens is 1. The Morgan fingerprint density at radius 3 is 2.59 bits per heavy atom. The molecule has 1 heterocycles. The smallest absolute Gasteiger partial charge is 0.315 e. The van der Waals surface area contributed by atoms with Crippen LogP contribution in [-0.4, -0.2) is 28.1 Å². The number of carbonyl (C=O) groups excluding carboxylic acids is 1. The average Bonchev–Trinajstić information content (AvgIpc) is 2.69. The Morgan fingerprint density at radius 1 is 1.19 bits per heavy atom. The zero-order valence-corrected chi connectivity index (χ0v) is 14.7. The zero-order valence-electron chi connectivity index (χ0n) is 14.7. The van der Waals surface area contributed by atoms with Crippen molar-refractivity contribution < 1.29 is 13.9 Å². The predicted molar refractivity (Wildman–Crippen MR) is 95.2 cm³/mol. The second-order valence-electron chi connectivity index (χ2n) is 6.37. The highest BCUT2D eigenvalue weighted by molar-refractivity contribution is 5.74. The highest BCUT2D eigenvalue weighted by atomic mass is 19.1. The van der Waals surface area contributed by atoms with Gasteiger partial charge in [-0.25, -0.2) is 19.2 Å². The number of aromatic nitrogens is 2. The summed E-state index contributed by atoms with van der Waals surface area (Å²) < 4.78 is 18.7. The Bertz CT molecular complexity index is 814. The SMILES string of the molecule is N#Cc1nccnc1OC1CCC(NC(=O)NCc2ccc(F)cc2)CC1. The summed E-state index contributed by atoms with van der Waals surface area (Å²) in [5, 5.41) is 14.8. The van der Waals surface area contributed by atoms with Crippen molar-refractivity contribution in [3.05, 3.63) is 53.7 Å². The van der Waals surface area contributed by atoms with E-state index in [1.165, 1.54) is 24.5 Å². The van der Waals surface area contributed by atoms with Gasteiger partial charge in [-0.05, 0) is 43.4 Å². The van der Waals surface area contributed by atoms with Crippen LogP contribution in [0.3, 0.4) is 0 Å². The summed E-state index contributed by atoms with van der Waals surface area (Å²) in [5.74, 6) is -0.0426. The maximum atomic E-state index is 12.9. The van der Waals surface area contributed by atoms with Crippen LogP contribution in [-0.2, 0) is 6.54 Å². The number of ether oxygens (including phenoxy) is 1. The van der Waals surface area contributed by atoms with E-state index >= 15 is 0 Å². The van der Waals surface area contributed by atoms with Gasteiger partial charge in [0.25, 0.3) is 5.88 Å². The van der Waals surface area contributed by atoms with Crippen LogP contribution >= 0.6 is 0 Å². The average molecular weight is 369 g/mol. The molecule has 2 aromatic rings. The second kappa shape index (κ2) is 8.94. The highest BCUT2D eigenvalue weighted by Gasteiger charge is 2.24. The Labute approximate surface area is 156 Å². The van der Waals surface area contributed by atoms with Gasteiger partial charge in [-0.3, -0.25) is 0 Å². The van der Waals surface area contributed by atoms with E-state index in [1.807, 2.05) is 6.07 Å². The number of nitriles is 1. The van der Waals surface area contributed by atoms with Crippen LogP contribution in [0.15, 0.2) is 36.7 Å². The van der Waals surface area contributed by atoms with Crippen LogP contribution in [0, 0.1) is 17.1 Å². The molecule has 2 N–H and O–H groups in total. The third-order valence-corrected chi connectivity index (χ3v) is 4.42. The predicted octanol–water partition coefficient (Wildman–Crippen LogP) is 2.68. The Morgan fingerprint density at radius 2 is 1.89 bits per heavy atom. The van der Waals surface area contributed by atoms with Gasteiger partial charge >= 0.3 is 6.03 Å². The van der Waals surface area contributed by atoms with Gasteiger partial charge in [0.15, 0.2) is 0 Å². The van der Waals surface area contributed by atoms with Gasteiger partial charge in [-0.2, -0.15) is 5.26 Å². The van der Waals surface area contributed by atoms with Crippen molar-refractivity contribution in [3.8, 4) is 11.9 Å². The van der Waals surface area contributed by atoms with Crippen molar-refractivity contribution in [1.29, 1.82) is 5.26 Å². The number of hydrogen-bond donors (Lipinski definition) is 2. The molecular weight excluding hydrogens is 349 g/mol. The zero-order chi connectivity index (χ0) is 19.1. The van der Waals surface area contributed by atoms with E-state index in [2.05, 4.69) is 20.6 Å². The van der Waals surface area contributed by atoms with E-state index in [-0.39, 0.29) is 35.6 Å².